The molecule has 1 amide bonds. The molecule has 0 radical (unpaired) electrons. The van der Waals surface area contributed by atoms with Gasteiger partial charge < -0.3 is 10.1 Å². The molecule has 37 heavy (non-hydrogen) atoms. The Kier molecular flexibility index (Phi) is 9.18. The van der Waals surface area contributed by atoms with Crippen LogP contribution in [0.5, 0.6) is 5.75 Å². The SMILES string of the molecule is COc1cccc(/C=N\NC(=O)[C@H](C)Sc2nnc(CNc3ccc(I)cc3C)n2-c2ccccc2)c1. The van der Waals surface area contributed by atoms with Crippen molar-refractivity contribution >= 4 is 52.2 Å². The van der Waals surface area contributed by atoms with Gasteiger partial charge in [0, 0.05) is 14.9 Å². The molecule has 190 valence electrons. The summed E-state index contributed by atoms with van der Waals surface area (Å²) < 4.78 is 8.38. The van der Waals surface area contributed by atoms with Gasteiger partial charge in [0.15, 0.2) is 11.0 Å². The number of nitrogens with one attached hydrogen (secondary N) is 2. The van der Waals surface area contributed by atoms with E-state index in [4.69, 9.17) is 4.74 Å². The number of benzene rings is 3. The first-order valence-electron chi connectivity index (χ1n) is 11.6. The van der Waals surface area contributed by atoms with Crippen molar-refractivity contribution in [3.63, 3.8) is 0 Å². The largest absolute Gasteiger partial charge is 0.497 e. The Balaban J connectivity index is 1.47. The third-order valence-corrected chi connectivity index (χ3v) is 7.19. The van der Waals surface area contributed by atoms with Gasteiger partial charge in [-0.1, -0.05) is 42.1 Å². The number of methoxy groups -OCH3 is 1. The molecule has 1 heterocycles. The van der Waals surface area contributed by atoms with E-state index in [9.17, 15) is 4.79 Å². The standard InChI is InChI=1S/C27H27IN6O2S/c1-18-14-21(28)12-13-24(18)29-17-25-31-33-27(34(25)22-9-5-4-6-10-22)37-19(2)26(35)32-30-16-20-8-7-11-23(15-20)36-3/h4-16,19,29H,17H2,1-3H3,(H,32,35)/b30-16-/t19-/m0/s1. The van der Waals surface area contributed by atoms with E-state index in [0.29, 0.717) is 11.7 Å². The molecule has 0 bridgehead atoms. The second-order valence-corrected chi connectivity index (χ2v) is 10.7. The number of hydrazone groups is 1. The molecule has 0 saturated heterocycles. The molecule has 8 nitrogen and oxygen atoms in total. The molecular formula is C27H27IN6O2S. The first-order chi connectivity index (χ1) is 17.9. The van der Waals surface area contributed by atoms with Crippen LogP contribution >= 0.6 is 34.4 Å². The molecule has 0 unspecified atom stereocenters. The third-order valence-electron chi connectivity index (χ3n) is 5.47. The molecule has 1 atom stereocenters. The molecule has 10 heteroatoms. The van der Waals surface area contributed by atoms with Crippen LogP contribution in [0.4, 0.5) is 5.69 Å². The fraction of sp³-hybridized carbons (Fsp3) is 0.185. The first kappa shape index (κ1) is 26.7. The summed E-state index contributed by atoms with van der Waals surface area (Å²) in [5, 5.41) is 16.6. The lowest BCUT2D eigenvalue weighted by Crippen LogP contribution is -2.27. The Bertz CT molecular complexity index is 1390. The third kappa shape index (κ3) is 7.10. The Hall–Kier alpha value is -3.38. The van der Waals surface area contributed by atoms with E-state index in [1.54, 1.807) is 13.3 Å². The van der Waals surface area contributed by atoms with Crippen LogP contribution < -0.4 is 15.5 Å². The number of carbonyl (C=O) groups excluding carboxylic acids is 1. The van der Waals surface area contributed by atoms with Crippen LogP contribution in [0.25, 0.3) is 5.69 Å². The van der Waals surface area contributed by atoms with Gasteiger partial charge in [-0.25, -0.2) is 5.43 Å². The van der Waals surface area contributed by atoms with Crippen molar-refractivity contribution in [3.05, 3.63) is 93.3 Å². The van der Waals surface area contributed by atoms with Crippen LogP contribution in [0.2, 0.25) is 0 Å². The van der Waals surface area contributed by atoms with E-state index in [-0.39, 0.29) is 5.91 Å². The second-order valence-electron chi connectivity index (χ2n) is 8.15. The fourth-order valence-electron chi connectivity index (χ4n) is 3.52. The van der Waals surface area contributed by atoms with E-state index < -0.39 is 5.25 Å². The minimum Gasteiger partial charge on any atom is -0.497 e. The van der Waals surface area contributed by atoms with Gasteiger partial charge in [-0.3, -0.25) is 9.36 Å². The van der Waals surface area contributed by atoms with E-state index in [1.807, 2.05) is 66.1 Å². The minimum atomic E-state index is -0.451. The molecule has 4 aromatic rings. The molecule has 0 aliphatic heterocycles. The van der Waals surface area contributed by atoms with Crippen molar-refractivity contribution in [2.75, 3.05) is 12.4 Å². The van der Waals surface area contributed by atoms with Crippen molar-refractivity contribution in [1.82, 2.24) is 20.2 Å². The lowest BCUT2D eigenvalue weighted by Gasteiger charge is -2.14. The van der Waals surface area contributed by atoms with E-state index in [2.05, 4.69) is 73.8 Å². The van der Waals surface area contributed by atoms with Crippen molar-refractivity contribution < 1.29 is 9.53 Å². The van der Waals surface area contributed by atoms with Crippen LogP contribution in [0.15, 0.2) is 83.1 Å². The zero-order chi connectivity index (χ0) is 26.2. The number of halogens is 1. The number of ether oxygens (including phenoxy) is 1. The smallest absolute Gasteiger partial charge is 0.253 e. The zero-order valence-electron chi connectivity index (χ0n) is 20.7. The highest BCUT2D eigenvalue weighted by atomic mass is 127. The molecule has 0 aliphatic rings. The number of amides is 1. The quantitative estimate of drug-likeness (QED) is 0.106. The second kappa shape index (κ2) is 12.7. The average Bonchev–Trinajstić information content (AvgIpc) is 3.30. The highest BCUT2D eigenvalue weighted by Gasteiger charge is 2.21. The molecule has 4 rings (SSSR count). The Morgan fingerprint density at radius 1 is 1.14 bits per heavy atom. The Labute approximate surface area is 234 Å². The fourth-order valence-corrected chi connectivity index (χ4v) is 5.05. The van der Waals surface area contributed by atoms with Gasteiger partial charge in [0.05, 0.1) is 25.1 Å². The number of hydrogen-bond donors (Lipinski definition) is 2. The van der Waals surface area contributed by atoms with Gasteiger partial charge in [-0.05, 0) is 90.0 Å². The number of rotatable bonds is 10. The summed E-state index contributed by atoms with van der Waals surface area (Å²) >= 11 is 3.63. The molecule has 2 N–H and O–H groups in total. The number of aryl methyl sites for hydroxylation is 1. The van der Waals surface area contributed by atoms with Gasteiger partial charge in [0.2, 0.25) is 0 Å². The monoisotopic (exact) mass is 626 g/mol. The highest BCUT2D eigenvalue weighted by molar-refractivity contribution is 14.1. The van der Waals surface area contributed by atoms with E-state index in [1.165, 1.54) is 15.3 Å². The molecule has 0 spiro atoms. The van der Waals surface area contributed by atoms with E-state index >= 15 is 0 Å². The van der Waals surface area contributed by atoms with Gasteiger partial charge in [0.25, 0.3) is 5.91 Å². The van der Waals surface area contributed by atoms with Crippen LogP contribution in [-0.2, 0) is 11.3 Å². The summed E-state index contributed by atoms with van der Waals surface area (Å²) in [5.41, 5.74) is 6.56. The predicted molar refractivity (Wildman–Crippen MR) is 157 cm³/mol. The lowest BCUT2D eigenvalue weighted by atomic mass is 10.2. The number of thioether (sulfide) groups is 1. The summed E-state index contributed by atoms with van der Waals surface area (Å²) in [6.45, 7) is 4.37. The van der Waals surface area contributed by atoms with Gasteiger partial charge in [-0.15, -0.1) is 10.2 Å². The van der Waals surface area contributed by atoms with Gasteiger partial charge in [0.1, 0.15) is 5.75 Å². The number of carbonyl (C=O) groups is 1. The van der Waals surface area contributed by atoms with Crippen LogP contribution in [0.1, 0.15) is 23.9 Å². The highest BCUT2D eigenvalue weighted by Crippen LogP contribution is 2.27. The summed E-state index contributed by atoms with van der Waals surface area (Å²) in [5.74, 6) is 1.23. The molecule has 0 aliphatic carbocycles. The molecule has 1 aromatic heterocycles. The molecule has 3 aromatic carbocycles. The molecular weight excluding hydrogens is 599 g/mol. The molecule has 0 saturated carbocycles. The maximum absolute atomic E-state index is 12.8. The van der Waals surface area contributed by atoms with Gasteiger partial charge in [-0.2, -0.15) is 5.10 Å². The topological polar surface area (TPSA) is 93.4 Å². The maximum atomic E-state index is 12.8. The number of anilines is 1. The lowest BCUT2D eigenvalue weighted by molar-refractivity contribution is -0.120. The number of aromatic nitrogens is 3. The van der Waals surface area contributed by atoms with Crippen LogP contribution in [0, 0.1) is 10.5 Å². The normalized spacial score (nSPS) is 11.9. The predicted octanol–water partition coefficient (Wildman–Crippen LogP) is 5.43. The first-order valence-corrected chi connectivity index (χ1v) is 13.5. The zero-order valence-corrected chi connectivity index (χ0v) is 23.7. The number of hydrogen-bond acceptors (Lipinski definition) is 7. The van der Waals surface area contributed by atoms with Crippen molar-refractivity contribution in [1.29, 1.82) is 0 Å². The maximum Gasteiger partial charge on any atom is 0.253 e. The summed E-state index contributed by atoms with van der Waals surface area (Å²) in [6.07, 6.45) is 1.58. The number of nitrogens with zero attached hydrogens (tertiary/aromatic N) is 4. The average molecular weight is 627 g/mol. The summed E-state index contributed by atoms with van der Waals surface area (Å²) in [6, 6.07) is 23.6. The Morgan fingerprint density at radius 2 is 1.95 bits per heavy atom. The Morgan fingerprint density at radius 3 is 2.70 bits per heavy atom. The summed E-state index contributed by atoms with van der Waals surface area (Å²) in [7, 11) is 1.61. The number of para-hydroxylation sites is 1. The van der Waals surface area contributed by atoms with Crippen molar-refractivity contribution in [2.24, 2.45) is 5.10 Å². The van der Waals surface area contributed by atoms with Gasteiger partial charge >= 0.3 is 0 Å². The van der Waals surface area contributed by atoms with Crippen LogP contribution in [0.3, 0.4) is 0 Å². The van der Waals surface area contributed by atoms with Crippen molar-refractivity contribution in [3.8, 4) is 11.4 Å². The summed E-state index contributed by atoms with van der Waals surface area (Å²) in [4.78, 5) is 12.8. The minimum absolute atomic E-state index is 0.235. The van der Waals surface area contributed by atoms with E-state index in [0.717, 1.165) is 34.1 Å². The van der Waals surface area contributed by atoms with Crippen LogP contribution in [-0.4, -0.2) is 39.2 Å². The van der Waals surface area contributed by atoms with Crippen molar-refractivity contribution in [2.45, 2.75) is 30.8 Å². The molecule has 0 fully saturated rings.